The Bertz CT molecular complexity index is 339. The fourth-order valence-electron chi connectivity index (χ4n) is 1.60. The lowest BCUT2D eigenvalue weighted by Gasteiger charge is -2.23. The van der Waals surface area contributed by atoms with Crippen LogP contribution in [-0.4, -0.2) is 36.9 Å². The lowest BCUT2D eigenvalue weighted by atomic mass is 10.2. The number of anilines is 1. The molecule has 17 heavy (non-hydrogen) atoms. The van der Waals surface area contributed by atoms with Crippen LogP contribution < -0.4 is 4.90 Å². The second-order valence-electron chi connectivity index (χ2n) is 4.50. The summed E-state index contributed by atoms with van der Waals surface area (Å²) in [6, 6.07) is 0. The van der Waals surface area contributed by atoms with Crippen LogP contribution in [0.25, 0.3) is 0 Å². The average molecular weight is 258 g/mol. The first-order valence-corrected chi connectivity index (χ1v) is 6.71. The summed E-state index contributed by atoms with van der Waals surface area (Å²) in [6.45, 7) is 8.88. The van der Waals surface area contributed by atoms with Crippen molar-refractivity contribution in [3.8, 4) is 0 Å². The summed E-state index contributed by atoms with van der Waals surface area (Å²) in [4.78, 5) is 7.69. The van der Waals surface area contributed by atoms with E-state index in [4.69, 9.17) is 4.74 Å². The van der Waals surface area contributed by atoms with E-state index in [1.165, 1.54) is 0 Å². The van der Waals surface area contributed by atoms with Crippen molar-refractivity contribution in [1.29, 1.82) is 0 Å². The van der Waals surface area contributed by atoms with Crippen LogP contribution in [0.1, 0.15) is 24.4 Å². The molecule has 0 atom stereocenters. The Kier molecular flexibility index (Phi) is 5.88. The Morgan fingerprint density at radius 1 is 1.47 bits per heavy atom. The first kappa shape index (κ1) is 14.4. The van der Waals surface area contributed by atoms with E-state index in [1.807, 2.05) is 6.92 Å². The Morgan fingerprint density at radius 2 is 2.18 bits per heavy atom. The maximum Gasteiger partial charge on any atom is 0.185 e. The van der Waals surface area contributed by atoms with Gasteiger partial charge in [0.2, 0.25) is 0 Å². The number of rotatable bonds is 7. The molecule has 98 valence electrons. The molecule has 0 bridgehead atoms. The molecule has 5 heteroatoms. The molecule has 0 aliphatic carbocycles. The largest absolute Gasteiger partial charge is 0.391 e. The van der Waals surface area contributed by atoms with Crippen molar-refractivity contribution in [2.75, 3.05) is 31.7 Å². The van der Waals surface area contributed by atoms with Gasteiger partial charge in [0.05, 0.1) is 23.8 Å². The van der Waals surface area contributed by atoms with E-state index >= 15 is 0 Å². The number of ether oxygens (including phenoxy) is 1. The Labute approximate surface area is 107 Å². The van der Waals surface area contributed by atoms with Gasteiger partial charge in [-0.2, -0.15) is 0 Å². The van der Waals surface area contributed by atoms with E-state index < -0.39 is 0 Å². The number of hydrogen-bond donors (Lipinski definition) is 1. The standard InChI is InChI=1S/C12H22N2O2S/c1-9(2)7-14(5-6-16-4)12-13-10(3)11(8-15)17-12/h9,15H,5-8H2,1-4H3. The smallest absolute Gasteiger partial charge is 0.185 e. The highest BCUT2D eigenvalue weighted by Crippen LogP contribution is 2.26. The van der Waals surface area contributed by atoms with Crippen molar-refractivity contribution < 1.29 is 9.84 Å². The molecule has 1 heterocycles. The van der Waals surface area contributed by atoms with Crippen molar-refractivity contribution in [2.45, 2.75) is 27.4 Å². The fourth-order valence-corrected chi connectivity index (χ4v) is 2.56. The van der Waals surface area contributed by atoms with Gasteiger partial charge in [-0.1, -0.05) is 25.2 Å². The van der Waals surface area contributed by atoms with E-state index in [0.29, 0.717) is 12.5 Å². The van der Waals surface area contributed by atoms with Crippen LogP contribution in [0.2, 0.25) is 0 Å². The lowest BCUT2D eigenvalue weighted by Crippen LogP contribution is -2.30. The van der Waals surface area contributed by atoms with Crippen molar-refractivity contribution in [1.82, 2.24) is 4.98 Å². The minimum atomic E-state index is 0.0727. The molecule has 1 rings (SSSR count). The van der Waals surface area contributed by atoms with Gasteiger partial charge in [0.25, 0.3) is 0 Å². The lowest BCUT2D eigenvalue weighted by molar-refractivity contribution is 0.204. The highest BCUT2D eigenvalue weighted by atomic mass is 32.1. The summed E-state index contributed by atoms with van der Waals surface area (Å²) in [5.74, 6) is 0.577. The van der Waals surface area contributed by atoms with Crippen LogP contribution in [0.3, 0.4) is 0 Å². The molecule has 0 radical (unpaired) electrons. The van der Waals surface area contributed by atoms with E-state index in [-0.39, 0.29) is 6.61 Å². The Balaban J connectivity index is 2.79. The van der Waals surface area contributed by atoms with Crippen LogP contribution in [0.4, 0.5) is 5.13 Å². The predicted octanol–water partition coefficient (Wildman–Crippen LogP) is 2.05. The Hall–Kier alpha value is -0.650. The molecule has 0 aliphatic rings. The van der Waals surface area contributed by atoms with Gasteiger partial charge >= 0.3 is 0 Å². The maximum atomic E-state index is 9.20. The number of nitrogens with zero attached hydrogens (tertiary/aromatic N) is 2. The minimum absolute atomic E-state index is 0.0727. The monoisotopic (exact) mass is 258 g/mol. The zero-order chi connectivity index (χ0) is 12.8. The first-order chi connectivity index (χ1) is 8.08. The second kappa shape index (κ2) is 6.93. The molecule has 0 saturated carbocycles. The predicted molar refractivity (Wildman–Crippen MR) is 71.7 cm³/mol. The molecule has 1 N–H and O–H groups in total. The fraction of sp³-hybridized carbons (Fsp3) is 0.750. The molecular weight excluding hydrogens is 236 g/mol. The highest BCUT2D eigenvalue weighted by molar-refractivity contribution is 7.15. The molecule has 0 amide bonds. The zero-order valence-corrected chi connectivity index (χ0v) is 11.9. The van der Waals surface area contributed by atoms with Gasteiger partial charge in [0.15, 0.2) is 5.13 Å². The van der Waals surface area contributed by atoms with Crippen LogP contribution >= 0.6 is 11.3 Å². The average Bonchev–Trinajstić information content (AvgIpc) is 2.65. The third kappa shape index (κ3) is 4.26. The number of methoxy groups -OCH3 is 1. The van der Waals surface area contributed by atoms with Gasteiger partial charge in [-0.15, -0.1) is 0 Å². The van der Waals surface area contributed by atoms with E-state index in [0.717, 1.165) is 28.8 Å². The molecule has 0 spiro atoms. The summed E-state index contributed by atoms with van der Waals surface area (Å²) in [6.07, 6.45) is 0. The van der Waals surface area contributed by atoms with Gasteiger partial charge in [-0.25, -0.2) is 4.98 Å². The molecular formula is C12H22N2O2S. The molecule has 0 unspecified atom stereocenters. The van der Waals surface area contributed by atoms with Crippen molar-refractivity contribution in [3.05, 3.63) is 10.6 Å². The van der Waals surface area contributed by atoms with Crippen LogP contribution in [0, 0.1) is 12.8 Å². The van der Waals surface area contributed by atoms with E-state index in [1.54, 1.807) is 18.4 Å². The summed E-state index contributed by atoms with van der Waals surface area (Å²) in [5.41, 5.74) is 0.929. The minimum Gasteiger partial charge on any atom is -0.391 e. The number of thiazole rings is 1. The maximum absolute atomic E-state index is 9.20. The molecule has 0 fully saturated rings. The summed E-state index contributed by atoms with van der Waals surface area (Å²) in [7, 11) is 1.71. The van der Waals surface area contributed by atoms with Gasteiger partial charge in [-0.05, 0) is 12.8 Å². The number of aromatic nitrogens is 1. The van der Waals surface area contributed by atoms with Crippen molar-refractivity contribution in [2.24, 2.45) is 5.92 Å². The number of hydrogen-bond acceptors (Lipinski definition) is 5. The van der Waals surface area contributed by atoms with Gasteiger partial charge in [0, 0.05) is 20.2 Å². The molecule has 1 aromatic rings. The molecule has 4 nitrogen and oxygen atoms in total. The van der Waals surface area contributed by atoms with Gasteiger partial charge in [-0.3, -0.25) is 0 Å². The Morgan fingerprint density at radius 3 is 2.65 bits per heavy atom. The van der Waals surface area contributed by atoms with Crippen LogP contribution in [0.5, 0.6) is 0 Å². The van der Waals surface area contributed by atoms with Crippen molar-refractivity contribution in [3.63, 3.8) is 0 Å². The molecule has 0 saturated heterocycles. The highest BCUT2D eigenvalue weighted by Gasteiger charge is 2.14. The molecule has 0 aromatic carbocycles. The number of aliphatic hydroxyl groups excluding tert-OH is 1. The molecule has 0 aliphatic heterocycles. The molecule has 1 aromatic heterocycles. The third-order valence-corrected chi connectivity index (χ3v) is 3.65. The summed E-state index contributed by atoms with van der Waals surface area (Å²) >= 11 is 1.57. The topological polar surface area (TPSA) is 45.6 Å². The second-order valence-corrected chi connectivity index (χ2v) is 5.56. The summed E-state index contributed by atoms with van der Waals surface area (Å²) < 4.78 is 5.12. The van der Waals surface area contributed by atoms with E-state index in [9.17, 15) is 5.11 Å². The first-order valence-electron chi connectivity index (χ1n) is 5.89. The van der Waals surface area contributed by atoms with Crippen LogP contribution in [0.15, 0.2) is 0 Å². The number of aliphatic hydroxyl groups is 1. The third-order valence-electron chi connectivity index (χ3n) is 2.45. The van der Waals surface area contributed by atoms with Gasteiger partial charge in [0.1, 0.15) is 0 Å². The number of aryl methyl sites for hydroxylation is 1. The quantitative estimate of drug-likeness (QED) is 0.813. The SMILES string of the molecule is COCCN(CC(C)C)c1nc(C)c(CO)s1. The van der Waals surface area contributed by atoms with Gasteiger partial charge < -0.3 is 14.7 Å². The zero-order valence-electron chi connectivity index (χ0n) is 11.1. The normalized spacial score (nSPS) is 11.2. The summed E-state index contributed by atoms with van der Waals surface area (Å²) in [5, 5.41) is 10.2. The van der Waals surface area contributed by atoms with Crippen molar-refractivity contribution >= 4 is 16.5 Å². The van der Waals surface area contributed by atoms with Crippen LogP contribution in [-0.2, 0) is 11.3 Å². The van der Waals surface area contributed by atoms with E-state index in [2.05, 4.69) is 23.7 Å².